The van der Waals surface area contributed by atoms with E-state index in [4.69, 9.17) is 9.47 Å². The van der Waals surface area contributed by atoms with E-state index < -0.39 is 6.09 Å². The van der Waals surface area contributed by atoms with Gasteiger partial charge in [-0.1, -0.05) is 42.5 Å². The van der Waals surface area contributed by atoms with Crippen LogP contribution in [0.5, 0.6) is 5.75 Å². The van der Waals surface area contributed by atoms with Crippen LogP contribution in [-0.2, 0) is 20.9 Å². The van der Waals surface area contributed by atoms with Crippen molar-refractivity contribution >= 4 is 23.6 Å². The molecule has 4 rings (SSSR count). The highest BCUT2D eigenvalue weighted by atomic mass is 16.6. The summed E-state index contributed by atoms with van der Waals surface area (Å²) in [6.45, 7) is 0.648. The maximum absolute atomic E-state index is 12.9. The highest BCUT2D eigenvalue weighted by Gasteiger charge is 2.35. The molecule has 1 saturated heterocycles. The lowest BCUT2D eigenvalue weighted by Crippen LogP contribution is -2.51. The van der Waals surface area contributed by atoms with E-state index >= 15 is 0 Å². The van der Waals surface area contributed by atoms with Crippen molar-refractivity contribution in [3.05, 3.63) is 60.2 Å². The van der Waals surface area contributed by atoms with Crippen molar-refractivity contribution in [1.82, 2.24) is 10.0 Å². The van der Waals surface area contributed by atoms with Crippen molar-refractivity contribution in [2.75, 3.05) is 31.1 Å². The van der Waals surface area contributed by atoms with Gasteiger partial charge in [-0.25, -0.2) is 14.8 Å². The highest BCUT2D eigenvalue weighted by molar-refractivity contribution is 6.02. The maximum atomic E-state index is 12.9. The first kappa shape index (κ1) is 18.8. The number of benzene rings is 2. The van der Waals surface area contributed by atoms with E-state index in [1.54, 1.807) is 24.3 Å². The molecule has 0 radical (unpaired) electrons. The molecule has 0 bridgehead atoms. The summed E-state index contributed by atoms with van der Waals surface area (Å²) in [5.74, 6) is -0.0842. The van der Waals surface area contributed by atoms with Gasteiger partial charge in [-0.2, -0.15) is 0 Å². The summed E-state index contributed by atoms with van der Waals surface area (Å²) in [6, 6.07) is 16.4. The molecule has 0 spiro atoms. The molecule has 8 nitrogen and oxygen atoms in total. The molecule has 0 atom stereocenters. The SMILES string of the molecule is O=C1COc2ccccc2N1CC(=O)N1CCCN1C(=O)OCc1ccccc1. The van der Waals surface area contributed by atoms with Gasteiger partial charge in [0.25, 0.3) is 11.8 Å². The fourth-order valence-corrected chi connectivity index (χ4v) is 3.40. The molecule has 3 amide bonds. The van der Waals surface area contributed by atoms with Gasteiger partial charge in [0, 0.05) is 13.1 Å². The van der Waals surface area contributed by atoms with E-state index in [-0.39, 0.29) is 31.6 Å². The third kappa shape index (κ3) is 4.01. The Hall–Kier alpha value is -3.55. The Morgan fingerprint density at radius 2 is 1.69 bits per heavy atom. The van der Waals surface area contributed by atoms with E-state index in [0.29, 0.717) is 30.9 Å². The largest absolute Gasteiger partial charge is 0.482 e. The van der Waals surface area contributed by atoms with Crippen LogP contribution in [0, 0.1) is 0 Å². The Morgan fingerprint density at radius 1 is 0.966 bits per heavy atom. The number of hydrazine groups is 1. The molecule has 2 aliphatic heterocycles. The first-order valence-electron chi connectivity index (χ1n) is 9.44. The summed E-state index contributed by atoms with van der Waals surface area (Å²) >= 11 is 0. The van der Waals surface area contributed by atoms with Crippen molar-refractivity contribution in [1.29, 1.82) is 0 Å². The molecule has 0 aliphatic carbocycles. The number of nitrogens with zero attached hydrogens (tertiary/aromatic N) is 3. The molecule has 0 unspecified atom stereocenters. The predicted octanol–water partition coefficient (Wildman–Crippen LogP) is 2.20. The van der Waals surface area contributed by atoms with Gasteiger partial charge in [-0.05, 0) is 24.1 Å². The summed E-state index contributed by atoms with van der Waals surface area (Å²) in [7, 11) is 0. The number of hydrogen-bond donors (Lipinski definition) is 0. The van der Waals surface area contributed by atoms with Crippen LogP contribution >= 0.6 is 0 Å². The Balaban J connectivity index is 1.41. The monoisotopic (exact) mass is 395 g/mol. The quantitative estimate of drug-likeness (QED) is 0.793. The molecular formula is C21H21N3O5. The van der Waals surface area contributed by atoms with Crippen LogP contribution < -0.4 is 9.64 Å². The van der Waals surface area contributed by atoms with Crippen LogP contribution in [0.25, 0.3) is 0 Å². The summed E-state index contributed by atoms with van der Waals surface area (Å²) < 4.78 is 10.8. The van der Waals surface area contributed by atoms with Gasteiger partial charge in [0.1, 0.15) is 18.9 Å². The standard InChI is InChI=1S/C21H21N3O5/c25-19(13-22-17-9-4-5-10-18(17)28-15-20(22)26)23-11-6-12-24(23)21(27)29-14-16-7-2-1-3-8-16/h1-5,7-10H,6,11-15H2. The third-order valence-electron chi connectivity index (χ3n) is 4.84. The third-order valence-corrected chi connectivity index (χ3v) is 4.84. The Kier molecular flexibility index (Phi) is 5.33. The Labute approximate surface area is 168 Å². The van der Waals surface area contributed by atoms with Crippen molar-refractivity contribution in [2.24, 2.45) is 0 Å². The zero-order valence-corrected chi connectivity index (χ0v) is 15.8. The smallest absolute Gasteiger partial charge is 0.429 e. The fourth-order valence-electron chi connectivity index (χ4n) is 3.40. The number of anilines is 1. The van der Waals surface area contributed by atoms with Gasteiger partial charge in [-0.15, -0.1) is 0 Å². The topological polar surface area (TPSA) is 79.4 Å². The number of amides is 3. The Bertz CT molecular complexity index is 918. The number of hydrogen-bond acceptors (Lipinski definition) is 5. The number of para-hydroxylation sites is 2. The van der Waals surface area contributed by atoms with Crippen molar-refractivity contribution in [3.63, 3.8) is 0 Å². The van der Waals surface area contributed by atoms with E-state index in [1.807, 2.05) is 30.3 Å². The summed E-state index contributed by atoms with van der Waals surface area (Å²) in [5.41, 5.74) is 1.42. The number of carbonyl (C=O) groups excluding carboxylic acids is 3. The van der Waals surface area contributed by atoms with E-state index in [1.165, 1.54) is 14.9 Å². The van der Waals surface area contributed by atoms with Crippen LogP contribution in [0.1, 0.15) is 12.0 Å². The van der Waals surface area contributed by atoms with E-state index in [9.17, 15) is 14.4 Å². The van der Waals surface area contributed by atoms with Gasteiger partial charge in [0.2, 0.25) is 0 Å². The minimum Gasteiger partial charge on any atom is -0.482 e. The van der Waals surface area contributed by atoms with Crippen molar-refractivity contribution in [3.8, 4) is 5.75 Å². The number of rotatable bonds is 4. The minimum atomic E-state index is -0.576. The van der Waals surface area contributed by atoms with E-state index in [2.05, 4.69) is 0 Å². The molecule has 8 heteroatoms. The van der Waals surface area contributed by atoms with Crippen molar-refractivity contribution < 1.29 is 23.9 Å². The molecule has 1 fully saturated rings. The normalized spacial score (nSPS) is 15.7. The molecule has 0 N–H and O–H groups in total. The van der Waals surface area contributed by atoms with Gasteiger partial charge >= 0.3 is 6.09 Å². The lowest BCUT2D eigenvalue weighted by Gasteiger charge is -2.32. The second-order valence-corrected chi connectivity index (χ2v) is 6.77. The zero-order valence-electron chi connectivity index (χ0n) is 15.8. The average molecular weight is 395 g/mol. The molecule has 0 aromatic heterocycles. The molecule has 150 valence electrons. The first-order valence-corrected chi connectivity index (χ1v) is 9.44. The first-order chi connectivity index (χ1) is 14.1. The summed E-state index contributed by atoms with van der Waals surface area (Å²) in [6.07, 6.45) is 0.0771. The average Bonchev–Trinajstić information content (AvgIpc) is 3.25. The van der Waals surface area contributed by atoms with Gasteiger partial charge in [0.15, 0.2) is 6.61 Å². The molecule has 2 aromatic carbocycles. The van der Waals surface area contributed by atoms with Crippen molar-refractivity contribution in [2.45, 2.75) is 13.0 Å². The van der Waals surface area contributed by atoms with Crippen LogP contribution in [0.15, 0.2) is 54.6 Å². The fraction of sp³-hybridized carbons (Fsp3) is 0.286. The van der Waals surface area contributed by atoms with Crippen LogP contribution in [0.4, 0.5) is 10.5 Å². The molecular weight excluding hydrogens is 374 g/mol. The Morgan fingerprint density at radius 3 is 2.52 bits per heavy atom. The molecule has 2 aromatic rings. The second kappa shape index (κ2) is 8.22. The van der Waals surface area contributed by atoms with Gasteiger partial charge in [-0.3, -0.25) is 14.5 Å². The summed E-state index contributed by atoms with van der Waals surface area (Å²) in [5, 5.41) is 2.67. The van der Waals surface area contributed by atoms with Crippen LogP contribution in [0.2, 0.25) is 0 Å². The van der Waals surface area contributed by atoms with Gasteiger partial charge < -0.3 is 9.47 Å². The summed E-state index contributed by atoms with van der Waals surface area (Å²) in [4.78, 5) is 39.1. The zero-order chi connectivity index (χ0) is 20.2. The number of carbonyl (C=O) groups is 3. The molecule has 0 saturated carbocycles. The van der Waals surface area contributed by atoms with Gasteiger partial charge in [0.05, 0.1) is 5.69 Å². The minimum absolute atomic E-state index is 0.118. The second-order valence-electron chi connectivity index (χ2n) is 6.77. The lowest BCUT2D eigenvalue weighted by atomic mass is 10.2. The van der Waals surface area contributed by atoms with Crippen LogP contribution in [0.3, 0.4) is 0 Å². The maximum Gasteiger partial charge on any atom is 0.429 e. The predicted molar refractivity (Wildman–Crippen MR) is 104 cm³/mol. The van der Waals surface area contributed by atoms with E-state index in [0.717, 1.165) is 5.56 Å². The lowest BCUT2D eigenvalue weighted by molar-refractivity contribution is -0.141. The molecule has 2 heterocycles. The highest BCUT2D eigenvalue weighted by Crippen LogP contribution is 2.31. The molecule has 2 aliphatic rings. The molecule has 29 heavy (non-hydrogen) atoms. The number of fused-ring (bicyclic) bond motifs is 1. The van der Waals surface area contributed by atoms with Crippen LogP contribution in [-0.4, -0.2) is 54.2 Å². The number of ether oxygens (including phenoxy) is 2.